The molecular formula is C31H36F3N3O8. The van der Waals surface area contributed by atoms with Crippen molar-refractivity contribution in [3.05, 3.63) is 52.1 Å². The monoisotopic (exact) mass is 635 g/mol. The van der Waals surface area contributed by atoms with E-state index < -0.39 is 41.3 Å². The minimum absolute atomic E-state index is 0.00222. The Bertz CT molecular complexity index is 1610. The summed E-state index contributed by atoms with van der Waals surface area (Å²) < 4.78 is 71.8. The van der Waals surface area contributed by atoms with Gasteiger partial charge in [0.15, 0.2) is 29.5 Å². The van der Waals surface area contributed by atoms with E-state index in [0.717, 1.165) is 25.7 Å². The van der Waals surface area contributed by atoms with Gasteiger partial charge in [-0.25, -0.2) is 14.6 Å². The molecular weight excluding hydrogens is 599 g/mol. The summed E-state index contributed by atoms with van der Waals surface area (Å²) in [5.41, 5.74) is -2.66. The third-order valence-electron chi connectivity index (χ3n) is 9.91. The van der Waals surface area contributed by atoms with Gasteiger partial charge in [0.1, 0.15) is 12.3 Å². The summed E-state index contributed by atoms with van der Waals surface area (Å²) in [6.45, 7) is 7.16. The van der Waals surface area contributed by atoms with Crippen molar-refractivity contribution in [2.24, 2.45) is 23.7 Å². The summed E-state index contributed by atoms with van der Waals surface area (Å²) in [7, 11) is 0. The zero-order valence-corrected chi connectivity index (χ0v) is 25.2. The summed E-state index contributed by atoms with van der Waals surface area (Å²) in [6, 6.07) is 4.50. The number of alkyl halides is 3. The molecule has 0 radical (unpaired) electrons. The third-order valence-corrected chi connectivity index (χ3v) is 9.91. The van der Waals surface area contributed by atoms with E-state index in [-0.39, 0.29) is 41.1 Å². The molecule has 0 N–H and O–H groups in total. The topological polar surface area (TPSA) is 116 Å². The highest BCUT2D eigenvalue weighted by Crippen LogP contribution is 2.60. The van der Waals surface area contributed by atoms with Gasteiger partial charge in [-0.3, -0.25) is 4.68 Å². The Balaban J connectivity index is 0.951. The fourth-order valence-corrected chi connectivity index (χ4v) is 7.66. The molecule has 2 aromatic heterocycles. The van der Waals surface area contributed by atoms with Crippen LogP contribution in [0.3, 0.4) is 0 Å². The molecule has 8 atom stereocenters. The molecule has 4 aliphatic heterocycles. The van der Waals surface area contributed by atoms with Crippen LogP contribution in [0.2, 0.25) is 0 Å². The first-order chi connectivity index (χ1) is 21.5. The fourth-order valence-electron chi connectivity index (χ4n) is 7.66. The molecule has 45 heavy (non-hydrogen) atoms. The highest BCUT2D eigenvalue weighted by molar-refractivity contribution is 5.85. The molecule has 244 valence electrons. The molecule has 1 aromatic carbocycles. The highest BCUT2D eigenvalue weighted by atomic mass is 19.4. The van der Waals surface area contributed by atoms with Gasteiger partial charge in [-0.15, -0.1) is 5.10 Å². The number of para-hydroxylation sites is 1. The van der Waals surface area contributed by atoms with E-state index in [4.69, 9.17) is 33.1 Å². The summed E-state index contributed by atoms with van der Waals surface area (Å²) in [5.74, 6) is 0.181. The average molecular weight is 636 g/mol. The summed E-state index contributed by atoms with van der Waals surface area (Å²) in [5, 5.41) is 7.96. The van der Waals surface area contributed by atoms with Crippen LogP contribution in [0.4, 0.5) is 13.2 Å². The van der Waals surface area contributed by atoms with Gasteiger partial charge >= 0.3 is 11.8 Å². The number of rotatable bonds is 8. The number of ether oxygens (including phenoxy) is 4. The second-order valence-electron chi connectivity index (χ2n) is 12.9. The molecule has 4 saturated heterocycles. The molecule has 1 saturated carbocycles. The van der Waals surface area contributed by atoms with E-state index in [9.17, 15) is 18.0 Å². The number of benzene rings is 1. The van der Waals surface area contributed by atoms with Gasteiger partial charge in [-0.1, -0.05) is 31.2 Å². The predicted octanol–water partition coefficient (Wildman–Crippen LogP) is 5.60. The van der Waals surface area contributed by atoms with Gasteiger partial charge in [0, 0.05) is 36.3 Å². The molecule has 1 spiro atoms. The second kappa shape index (κ2) is 11.3. The minimum Gasteiger partial charge on any atom is -0.483 e. The van der Waals surface area contributed by atoms with E-state index in [1.807, 2.05) is 6.92 Å². The summed E-state index contributed by atoms with van der Waals surface area (Å²) in [4.78, 5) is 23.9. The van der Waals surface area contributed by atoms with Crippen LogP contribution < -0.4 is 10.4 Å². The van der Waals surface area contributed by atoms with Crippen molar-refractivity contribution in [3.8, 4) is 5.75 Å². The number of hydrogen-bond acceptors (Lipinski definition) is 10. The number of fused-ring (bicyclic) bond motifs is 3. The van der Waals surface area contributed by atoms with Gasteiger partial charge in [0.05, 0.1) is 18.4 Å². The van der Waals surface area contributed by atoms with Gasteiger partial charge in [-0.2, -0.15) is 13.2 Å². The van der Waals surface area contributed by atoms with E-state index in [1.54, 1.807) is 10.9 Å². The van der Waals surface area contributed by atoms with Crippen molar-refractivity contribution in [1.29, 1.82) is 0 Å². The van der Waals surface area contributed by atoms with Crippen LogP contribution in [0, 0.1) is 23.7 Å². The van der Waals surface area contributed by atoms with Crippen LogP contribution in [0.25, 0.3) is 11.0 Å². The Hall–Kier alpha value is -3.04. The molecule has 8 rings (SSSR count). The third kappa shape index (κ3) is 5.43. The largest absolute Gasteiger partial charge is 0.483 e. The van der Waals surface area contributed by atoms with Gasteiger partial charge in [-0.05, 0) is 50.5 Å². The predicted molar refractivity (Wildman–Crippen MR) is 149 cm³/mol. The molecule has 5 fully saturated rings. The van der Waals surface area contributed by atoms with Crippen LogP contribution in [0.1, 0.15) is 64.1 Å². The molecule has 5 aliphatic rings. The van der Waals surface area contributed by atoms with E-state index in [0.29, 0.717) is 37.3 Å². The van der Waals surface area contributed by atoms with E-state index in [2.05, 4.69) is 24.2 Å². The van der Waals surface area contributed by atoms with Crippen molar-refractivity contribution in [1.82, 2.24) is 15.0 Å². The average Bonchev–Trinajstić information content (AvgIpc) is 3.33. The van der Waals surface area contributed by atoms with Crippen molar-refractivity contribution in [2.45, 2.75) is 96.2 Å². The molecule has 11 nitrogen and oxygen atoms in total. The Kier molecular flexibility index (Phi) is 7.71. The maximum Gasteiger partial charge on any atom is 0.417 e. The van der Waals surface area contributed by atoms with Crippen LogP contribution >= 0.6 is 0 Å². The van der Waals surface area contributed by atoms with Crippen LogP contribution in [-0.2, 0) is 43.3 Å². The molecule has 3 aromatic rings. The lowest BCUT2D eigenvalue weighted by Gasteiger charge is -2.60. The fraction of sp³-hybridized carbons (Fsp3) is 0.645. The lowest BCUT2D eigenvalue weighted by Crippen LogP contribution is -2.70. The molecule has 14 heteroatoms. The summed E-state index contributed by atoms with van der Waals surface area (Å²) in [6.07, 6.45) is 0.391. The van der Waals surface area contributed by atoms with Crippen molar-refractivity contribution in [3.63, 3.8) is 0 Å². The minimum atomic E-state index is -4.72. The second-order valence-corrected chi connectivity index (χ2v) is 12.9. The lowest BCUT2D eigenvalue weighted by molar-refractivity contribution is -0.577. The van der Waals surface area contributed by atoms with Crippen LogP contribution in [-0.4, -0.2) is 45.6 Å². The maximum atomic E-state index is 13.5. The molecule has 0 unspecified atom stereocenters. The number of halogens is 3. The lowest BCUT2D eigenvalue weighted by atomic mass is 9.58. The number of nitrogens with zero attached hydrogens (tertiary/aromatic N) is 3. The molecule has 2 bridgehead atoms. The Morgan fingerprint density at radius 3 is 2.80 bits per heavy atom. The van der Waals surface area contributed by atoms with Gasteiger partial charge in [0.2, 0.25) is 5.79 Å². The normalized spacial score (nSPS) is 34.4. The highest BCUT2D eigenvalue weighted by Gasteiger charge is 2.69. The Morgan fingerprint density at radius 1 is 1.13 bits per heavy atom. The molecule has 1 aliphatic carbocycles. The van der Waals surface area contributed by atoms with Crippen molar-refractivity contribution >= 4 is 11.0 Å². The van der Waals surface area contributed by atoms with Gasteiger partial charge < -0.3 is 23.4 Å². The summed E-state index contributed by atoms with van der Waals surface area (Å²) >= 11 is 0. The maximum absolute atomic E-state index is 13.5. The zero-order chi connectivity index (χ0) is 31.6. The quantitative estimate of drug-likeness (QED) is 0.176. The first-order valence-electron chi connectivity index (χ1n) is 15.4. The molecule has 0 amide bonds. The van der Waals surface area contributed by atoms with Gasteiger partial charge in [0.25, 0.3) is 0 Å². The zero-order valence-electron chi connectivity index (χ0n) is 25.2. The number of aryl methyl sites for hydroxylation is 1. The Labute approximate surface area is 256 Å². The SMILES string of the molecule is C[C@H]1[C@H](OCCCn2cc(COc3cccc4c(C(F)(F)F)cc(=O)oc34)nn2)O[C@@H]2O[C@@]3(C)CC[C@H]4[C@H](C)CC[C@@H]1[C@@]24OO3. The first kappa shape index (κ1) is 30.6. The van der Waals surface area contributed by atoms with Crippen molar-refractivity contribution in [2.75, 3.05) is 6.61 Å². The van der Waals surface area contributed by atoms with Crippen molar-refractivity contribution < 1.29 is 46.3 Å². The number of aromatic nitrogens is 3. The van der Waals surface area contributed by atoms with E-state index in [1.165, 1.54) is 18.2 Å². The number of hydrogen-bond donors (Lipinski definition) is 0. The van der Waals surface area contributed by atoms with Crippen LogP contribution in [0.5, 0.6) is 5.75 Å². The standard InChI is InChI=1S/C31H36F3N3O8/c1-17-8-9-22-18(2)27(42-28-30(22)21(17)10-11-29(3,43-28)44-45-30)39-13-5-12-37-15-19(35-36-37)16-40-24-7-4-6-20-23(31(32,33)34)14-25(38)41-26(20)24/h4,6-7,14-15,17-18,21-22,27-28H,5,8-13,16H2,1-3H3/t17-,18-,21+,22+,27-,28-,29-,30-/m1/s1. The Morgan fingerprint density at radius 2 is 1.98 bits per heavy atom. The first-order valence-corrected chi connectivity index (χ1v) is 15.4. The molecule has 6 heterocycles. The van der Waals surface area contributed by atoms with Crippen LogP contribution in [0.15, 0.2) is 39.7 Å². The smallest absolute Gasteiger partial charge is 0.417 e. The van der Waals surface area contributed by atoms with E-state index >= 15 is 0 Å².